The molecule has 0 aromatic heterocycles. The summed E-state index contributed by atoms with van der Waals surface area (Å²) in [6.07, 6.45) is 0.791. The summed E-state index contributed by atoms with van der Waals surface area (Å²) in [6.45, 7) is 8.65. The third kappa shape index (κ3) is 5.35. The molecule has 0 unspecified atom stereocenters. The topological polar surface area (TPSA) is 18.5 Å². The highest BCUT2D eigenvalue weighted by molar-refractivity contribution is 7.80. The number of thiocarbonyl (C=S) groups is 1. The second kappa shape index (κ2) is 4.85. The third-order valence-electron chi connectivity index (χ3n) is 1.14. The number of rotatable bonds is 4. The second-order valence-electron chi connectivity index (χ2n) is 2.66. The summed E-state index contributed by atoms with van der Waals surface area (Å²) >= 11 is 4.95. The van der Waals surface area contributed by atoms with Crippen molar-refractivity contribution in [2.24, 2.45) is 0 Å². The summed E-state index contributed by atoms with van der Waals surface area (Å²) in [5.74, 6) is 0. The van der Waals surface area contributed by atoms with Gasteiger partial charge in [0.2, 0.25) is 0 Å². The zero-order chi connectivity index (χ0) is 8.91. The Bertz CT molecular complexity index is 136. The van der Waals surface area contributed by atoms with Crippen molar-refractivity contribution < 1.29 is 8.85 Å². The van der Waals surface area contributed by atoms with Crippen molar-refractivity contribution in [1.29, 1.82) is 0 Å². The molecular formula is C7H16O2SSi. The monoisotopic (exact) mass is 192 g/mol. The third-order valence-corrected chi connectivity index (χ3v) is 3.38. The lowest BCUT2D eigenvalue weighted by atomic mass is 10.5. The molecule has 66 valence electrons. The largest absolute Gasteiger partial charge is 0.515 e. The van der Waals surface area contributed by atoms with Gasteiger partial charge in [-0.25, -0.2) is 0 Å². The van der Waals surface area contributed by atoms with Crippen LogP contribution in [-0.4, -0.2) is 20.2 Å². The van der Waals surface area contributed by atoms with Crippen LogP contribution in [0.15, 0.2) is 0 Å². The molecule has 0 aliphatic heterocycles. The van der Waals surface area contributed by atoms with Crippen molar-refractivity contribution in [2.75, 3.05) is 6.61 Å². The summed E-state index contributed by atoms with van der Waals surface area (Å²) in [4.78, 5) is 0. The van der Waals surface area contributed by atoms with Crippen LogP contribution in [0.3, 0.4) is 0 Å². The maximum Gasteiger partial charge on any atom is 0.392 e. The van der Waals surface area contributed by atoms with Crippen LogP contribution in [0.5, 0.6) is 0 Å². The van der Waals surface area contributed by atoms with Gasteiger partial charge in [-0.2, -0.15) is 0 Å². The van der Waals surface area contributed by atoms with Gasteiger partial charge in [-0.3, -0.25) is 0 Å². The summed E-state index contributed by atoms with van der Waals surface area (Å²) in [5, 5.41) is 0.662. The van der Waals surface area contributed by atoms with Gasteiger partial charge in [-0.1, -0.05) is 6.92 Å². The Hall–Kier alpha value is 0.0669. The van der Waals surface area contributed by atoms with Crippen LogP contribution in [0, 0.1) is 0 Å². The predicted molar refractivity (Wildman–Crippen MR) is 53.1 cm³/mol. The van der Waals surface area contributed by atoms with Gasteiger partial charge in [0.15, 0.2) is 0 Å². The average Bonchev–Trinajstić information content (AvgIpc) is 1.86. The van der Waals surface area contributed by atoms with Crippen molar-refractivity contribution in [2.45, 2.75) is 33.4 Å². The van der Waals surface area contributed by atoms with Crippen molar-refractivity contribution in [3.63, 3.8) is 0 Å². The SMILES string of the molecule is CCO[Si](C)(C)OC(=S)CC. The molecule has 0 aromatic carbocycles. The van der Waals surface area contributed by atoms with Crippen LogP contribution >= 0.6 is 12.2 Å². The van der Waals surface area contributed by atoms with E-state index in [1.54, 1.807) is 0 Å². The molecule has 0 N–H and O–H groups in total. The summed E-state index contributed by atoms with van der Waals surface area (Å²) in [5.41, 5.74) is 0. The van der Waals surface area contributed by atoms with Gasteiger partial charge in [0.25, 0.3) is 0 Å². The van der Waals surface area contributed by atoms with Crippen molar-refractivity contribution in [3.8, 4) is 0 Å². The summed E-state index contributed by atoms with van der Waals surface area (Å²) < 4.78 is 10.9. The molecule has 0 aliphatic rings. The fourth-order valence-corrected chi connectivity index (χ4v) is 2.77. The van der Waals surface area contributed by atoms with E-state index in [9.17, 15) is 0 Å². The van der Waals surface area contributed by atoms with Crippen LogP contribution in [-0.2, 0) is 8.85 Å². The van der Waals surface area contributed by atoms with Gasteiger partial charge in [-0.05, 0) is 32.2 Å². The Labute approximate surface area is 75.1 Å². The van der Waals surface area contributed by atoms with Gasteiger partial charge >= 0.3 is 8.56 Å². The molecule has 0 bridgehead atoms. The van der Waals surface area contributed by atoms with E-state index < -0.39 is 8.56 Å². The molecule has 4 heteroatoms. The molecule has 0 spiro atoms. The van der Waals surface area contributed by atoms with Crippen LogP contribution in [0.1, 0.15) is 20.3 Å². The molecule has 11 heavy (non-hydrogen) atoms. The fourth-order valence-electron chi connectivity index (χ4n) is 0.723. The molecule has 0 radical (unpaired) electrons. The lowest BCUT2D eigenvalue weighted by Gasteiger charge is -2.22. The maximum absolute atomic E-state index is 5.48. The Kier molecular flexibility index (Phi) is 4.88. The lowest BCUT2D eigenvalue weighted by Crippen LogP contribution is -2.36. The van der Waals surface area contributed by atoms with Crippen molar-refractivity contribution in [3.05, 3.63) is 0 Å². The van der Waals surface area contributed by atoms with E-state index in [1.807, 2.05) is 26.9 Å². The summed E-state index contributed by atoms with van der Waals surface area (Å²) in [7, 11) is -1.93. The first-order valence-corrected chi connectivity index (χ1v) is 7.10. The fraction of sp³-hybridized carbons (Fsp3) is 0.857. The minimum atomic E-state index is -1.93. The van der Waals surface area contributed by atoms with Gasteiger partial charge < -0.3 is 8.85 Å². The predicted octanol–water partition coefficient (Wildman–Crippen LogP) is 2.48. The minimum Gasteiger partial charge on any atom is -0.515 e. The molecule has 0 fully saturated rings. The van der Waals surface area contributed by atoms with Crippen LogP contribution in [0.25, 0.3) is 0 Å². The Morgan fingerprint density at radius 1 is 1.36 bits per heavy atom. The van der Waals surface area contributed by atoms with Gasteiger partial charge in [0.1, 0.15) is 5.05 Å². The number of hydrogen-bond acceptors (Lipinski definition) is 3. The van der Waals surface area contributed by atoms with Gasteiger partial charge in [0, 0.05) is 13.0 Å². The van der Waals surface area contributed by atoms with E-state index in [1.165, 1.54) is 0 Å². The highest BCUT2D eigenvalue weighted by atomic mass is 32.1. The van der Waals surface area contributed by atoms with E-state index in [4.69, 9.17) is 21.1 Å². The average molecular weight is 192 g/mol. The standard InChI is InChI=1S/C7H16O2SSi/c1-5-7(10)9-11(3,4)8-6-2/h5-6H2,1-4H3. The molecule has 0 heterocycles. The first-order chi connectivity index (χ1) is 5.02. The quantitative estimate of drug-likeness (QED) is 0.503. The molecular weight excluding hydrogens is 176 g/mol. The highest BCUT2D eigenvalue weighted by Gasteiger charge is 2.26. The van der Waals surface area contributed by atoms with E-state index in [0.717, 1.165) is 6.42 Å². The zero-order valence-corrected chi connectivity index (χ0v) is 9.46. The molecule has 0 saturated heterocycles. The van der Waals surface area contributed by atoms with Crippen molar-refractivity contribution in [1.82, 2.24) is 0 Å². The first kappa shape index (κ1) is 11.1. The van der Waals surface area contributed by atoms with Gasteiger partial charge in [-0.15, -0.1) is 0 Å². The van der Waals surface area contributed by atoms with E-state index in [2.05, 4.69) is 0 Å². The lowest BCUT2D eigenvalue weighted by molar-refractivity contribution is 0.260. The van der Waals surface area contributed by atoms with Crippen LogP contribution in [0.2, 0.25) is 13.1 Å². The van der Waals surface area contributed by atoms with E-state index in [-0.39, 0.29) is 0 Å². The molecule has 0 aliphatic carbocycles. The van der Waals surface area contributed by atoms with Crippen LogP contribution < -0.4 is 0 Å². The van der Waals surface area contributed by atoms with E-state index in [0.29, 0.717) is 11.7 Å². The summed E-state index contributed by atoms with van der Waals surface area (Å²) in [6, 6.07) is 0. The number of hydrogen-bond donors (Lipinski definition) is 0. The van der Waals surface area contributed by atoms with Crippen molar-refractivity contribution >= 4 is 25.8 Å². The normalized spacial score (nSPS) is 11.3. The Morgan fingerprint density at radius 2 is 1.91 bits per heavy atom. The van der Waals surface area contributed by atoms with Gasteiger partial charge in [0.05, 0.1) is 0 Å². The molecule has 0 aromatic rings. The Balaban J connectivity index is 3.80. The molecule has 0 amide bonds. The Morgan fingerprint density at radius 3 is 2.27 bits per heavy atom. The molecule has 0 saturated carbocycles. The second-order valence-corrected chi connectivity index (χ2v) is 6.41. The highest BCUT2D eigenvalue weighted by Crippen LogP contribution is 2.08. The zero-order valence-electron chi connectivity index (χ0n) is 7.64. The maximum atomic E-state index is 5.48. The molecule has 0 atom stereocenters. The minimum absolute atomic E-state index is 0.662. The first-order valence-electron chi connectivity index (χ1n) is 3.87. The smallest absolute Gasteiger partial charge is 0.392 e. The molecule has 0 rings (SSSR count). The van der Waals surface area contributed by atoms with E-state index >= 15 is 0 Å². The molecule has 2 nitrogen and oxygen atoms in total. The van der Waals surface area contributed by atoms with Crippen LogP contribution in [0.4, 0.5) is 0 Å².